The summed E-state index contributed by atoms with van der Waals surface area (Å²) in [5.74, 6) is -1.35. The van der Waals surface area contributed by atoms with E-state index in [-0.39, 0.29) is 20.6 Å². The second-order valence-corrected chi connectivity index (χ2v) is 3.92. The number of aliphatic carboxylic acids is 1. The highest BCUT2D eigenvalue weighted by atomic mass is 35.5. The quantitative estimate of drug-likeness (QED) is 0.509. The van der Waals surface area contributed by atoms with E-state index in [1.165, 1.54) is 18.2 Å². The third-order valence-electron chi connectivity index (χ3n) is 1.72. The summed E-state index contributed by atoms with van der Waals surface area (Å²) in [5.41, 5.74) is -0.249. The number of benzene rings is 1. The monoisotopic (exact) mass is 275 g/mol. The maximum Gasteiger partial charge on any atom is 0.346 e. The molecule has 1 N–H and O–H groups in total. The standard InChI is InChI=1S/C10H4Cl3NO2/c11-7-1-2-8(12)9(13)6(7)3-5(4-14)10(15)16/h1-3H,(H,15,16). The average Bonchev–Trinajstić information content (AvgIpc) is 2.23. The van der Waals surface area contributed by atoms with Gasteiger partial charge in [0.2, 0.25) is 0 Å². The van der Waals surface area contributed by atoms with Crippen LogP contribution in [0.3, 0.4) is 0 Å². The minimum absolute atomic E-state index is 0.114. The van der Waals surface area contributed by atoms with Gasteiger partial charge in [-0.25, -0.2) is 4.79 Å². The van der Waals surface area contributed by atoms with Crippen molar-refractivity contribution in [1.82, 2.24) is 0 Å². The van der Waals surface area contributed by atoms with Gasteiger partial charge in [0.05, 0.1) is 10.0 Å². The molecule has 0 aliphatic rings. The Balaban J connectivity index is 3.41. The van der Waals surface area contributed by atoms with E-state index in [2.05, 4.69) is 0 Å². The molecule has 0 aromatic heterocycles. The second-order valence-electron chi connectivity index (χ2n) is 2.73. The Bertz CT molecular complexity index is 518. The number of carboxylic acids is 1. The molecule has 82 valence electrons. The number of hydrogen-bond donors (Lipinski definition) is 1. The van der Waals surface area contributed by atoms with Crippen molar-refractivity contribution in [3.8, 4) is 6.07 Å². The van der Waals surface area contributed by atoms with E-state index in [1.807, 2.05) is 0 Å². The van der Waals surface area contributed by atoms with Crippen LogP contribution in [0.1, 0.15) is 5.56 Å². The van der Waals surface area contributed by atoms with Gasteiger partial charge in [-0.1, -0.05) is 34.8 Å². The van der Waals surface area contributed by atoms with Crippen LogP contribution >= 0.6 is 34.8 Å². The third-order valence-corrected chi connectivity index (χ3v) is 2.87. The van der Waals surface area contributed by atoms with E-state index in [4.69, 9.17) is 45.2 Å². The normalized spacial score (nSPS) is 11.0. The molecule has 0 radical (unpaired) electrons. The molecule has 0 fully saturated rings. The van der Waals surface area contributed by atoms with Crippen LogP contribution in [0.5, 0.6) is 0 Å². The van der Waals surface area contributed by atoms with E-state index in [1.54, 1.807) is 0 Å². The fourth-order valence-corrected chi connectivity index (χ4v) is 1.61. The first-order valence-corrected chi connectivity index (χ1v) is 5.09. The zero-order valence-corrected chi connectivity index (χ0v) is 9.94. The third kappa shape index (κ3) is 2.67. The Kier molecular flexibility index (Phi) is 4.19. The minimum atomic E-state index is -1.35. The highest BCUT2D eigenvalue weighted by molar-refractivity contribution is 6.44. The lowest BCUT2D eigenvalue weighted by atomic mass is 10.1. The van der Waals surface area contributed by atoms with Crippen molar-refractivity contribution in [2.75, 3.05) is 0 Å². The molecule has 1 aromatic carbocycles. The van der Waals surface area contributed by atoms with Gasteiger partial charge in [0, 0.05) is 10.6 Å². The number of nitriles is 1. The Morgan fingerprint density at radius 1 is 1.31 bits per heavy atom. The molecule has 0 amide bonds. The molecule has 0 bridgehead atoms. The lowest BCUT2D eigenvalue weighted by Gasteiger charge is -2.03. The maximum atomic E-state index is 10.6. The molecule has 0 heterocycles. The Hall–Kier alpha value is -1.21. The zero-order chi connectivity index (χ0) is 12.3. The van der Waals surface area contributed by atoms with Gasteiger partial charge >= 0.3 is 5.97 Å². The van der Waals surface area contributed by atoms with Crippen LogP contribution in [-0.4, -0.2) is 11.1 Å². The molecule has 0 spiro atoms. The largest absolute Gasteiger partial charge is 0.477 e. The van der Waals surface area contributed by atoms with E-state index in [0.29, 0.717) is 0 Å². The summed E-state index contributed by atoms with van der Waals surface area (Å²) in [6, 6.07) is 4.48. The summed E-state index contributed by atoms with van der Waals surface area (Å²) in [6.45, 7) is 0. The summed E-state index contributed by atoms with van der Waals surface area (Å²) < 4.78 is 0. The van der Waals surface area contributed by atoms with Crippen LogP contribution in [0.2, 0.25) is 15.1 Å². The molecule has 0 saturated carbocycles. The summed E-state index contributed by atoms with van der Waals surface area (Å²) in [6.07, 6.45) is 1.08. The first kappa shape index (κ1) is 12.9. The van der Waals surface area contributed by atoms with Crippen LogP contribution in [0, 0.1) is 11.3 Å². The number of rotatable bonds is 2. The number of carbonyl (C=O) groups is 1. The average molecular weight is 277 g/mol. The van der Waals surface area contributed by atoms with Gasteiger partial charge in [0.25, 0.3) is 0 Å². The summed E-state index contributed by atoms with van der Waals surface area (Å²) >= 11 is 17.4. The molecule has 0 unspecified atom stereocenters. The van der Waals surface area contributed by atoms with Crippen LogP contribution < -0.4 is 0 Å². The highest BCUT2D eigenvalue weighted by Crippen LogP contribution is 2.32. The van der Waals surface area contributed by atoms with Crippen molar-refractivity contribution in [3.63, 3.8) is 0 Å². The van der Waals surface area contributed by atoms with Crippen molar-refractivity contribution in [1.29, 1.82) is 5.26 Å². The first-order valence-electron chi connectivity index (χ1n) is 3.96. The SMILES string of the molecule is N#CC(=Cc1c(Cl)ccc(Cl)c1Cl)C(=O)O. The van der Waals surface area contributed by atoms with E-state index >= 15 is 0 Å². The smallest absolute Gasteiger partial charge is 0.346 e. The first-order chi connectivity index (χ1) is 7.47. The summed E-state index contributed by atoms with van der Waals surface area (Å²) in [7, 11) is 0. The van der Waals surface area contributed by atoms with Gasteiger partial charge in [-0.2, -0.15) is 5.26 Å². The lowest BCUT2D eigenvalue weighted by Crippen LogP contribution is -1.97. The minimum Gasteiger partial charge on any atom is -0.477 e. The van der Waals surface area contributed by atoms with Crippen LogP contribution in [0.25, 0.3) is 6.08 Å². The summed E-state index contributed by atoms with van der Waals surface area (Å²) in [4.78, 5) is 10.6. The molecule has 3 nitrogen and oxygen atoms in total. The molecule has 1 aromatic rings. The predicted molar refractivity (Wildman–Crippen MR) is 62.7 cm³/mol. The zero-order valence-electron chi connectivity index (χ0n) is 7.67. The second kappa shape index (κ2) is 5.22. The van der Waals surface area contributed by atoms with E-state index in [9.17, 15) is 4.79 Å². The van der Waals surface area contributed by atoms with Crippen molar-refractivity contribution in [2.24, 2.45) is 0 Å². The summed E-state index contributed by atoms with van der Waals surface area (Å²) in [5, 5.41) is 17.8. The van der Waals surface area contributed by atoms with Crippen molar-refractivity contribution in [3.05, 3.63) is 38.3 Å². The van der Waals surface area contributed by atoms with Crippen molar-refractivity contribution >= 4 is 46.8 Å². The maximum absolute atomic E-state index is 10.6. The molecular formula is C10H4Cl3NO2. The van der Waals surface area contributed by atoms with Gasteiger partial charge in [-0.05, 0) is 18.2 Å². The highest BCUT2D eigenvalue weighted by Gasteiger charge is 2.12. The predicted octanol–water partition coefficient (Wildman–Crippen LogP) is 3.64. The van der Waals surface area contributed by atoms with Gasteiger partial charge < -0.3 is 5.11 Å². The number of hydrogen-bond acceptors (Lipinski definition) is 2. The van der Waals surface area contributed by atoms with Crippen LogP contribution in [-0.2, 0) is 4.79 Å². The number of nitrogens with zero attached hydrogens (tertiary/aromatic N) is 1. The van der Waals surface area contributed by atoms with Crippen molar-refractivity contribution < 1.29 is 9.90 Å². The molecule has 0 aliphatic carbocycles. The fraction of sp³-hybridized carbons (Fsp3) is 0. The molecule has 0 atom stereocenters. The number of halogens is 3. The van der Waals surface area contributed by atoms with Gasteiger partial charge in [0.15, 0.2) is 0 Å². The van der Waals surface area contributed by atoms with Crippen LogP contribution in [0.4, 0.5) is 0 Å². The molecule has 0 aliphatic heterocycles. The Labute approximate surface area is 106 Å². The van der Waals surface area contributed by atoms with Gasteiger partial charge in [-0.3, -0.25) is 0 Å². The van der Waals surface area contributed by atoms with Gasteiger partial charge in [0.1, 0.15) is 11.6 Å². The van der Waals surface area contributed by atoms with Gasteiger partial charge in [-0.15, -0.1) is 0 Å². The topological polar surface area (TPSA) is 61.1 Å². The Morgan fingerprint density at radius 3 is 2.38 bits per heavy atom. The molecule has 6 heteroatoms. The fourth-order valence-electron chi connectivity index (χ4n) is 0.961. The molecule has 0 saturated heterocycles. The van der Waals surface area contributed by atoms with E-state index in [0.717, 1.165) is 6.08 Å². The lowest BCUT2D eigenvalue weighted by molar-refractivity contribution is -0.132. The van der Waals surface area contributed by atoms with Crippen LogP contribution in [0.15, 0.2) is 17.7 Å². The molecule has 1 rings (SSSR count). The molecular weight excluding hydrogens is 272 g/mol. The number of carboxylic acid groups (broad SMARTS) is 1. The van der Waals surface area contributed by atoms with E-state index < -0.39 is 11.5 Å². The molecule has 16 heavy (non-hydrogen) atoms. The van der Waals surface area contributed by atoms with Crippen molar-refractivity contribution in [2.45, 2.75) is 0 Å². The Morgan fingerprint density at radius 2 is 1.88 bits per heavy atom.